The largest absolute Gasteiger partial charge is 0.290 e. The molecule has 1 saturated heterocycles. The Hall–Kier alpha value is -0.480. The van der Waals surface area contributed by atoms with Crippen molar-refractivity contribution in [3.8, 4) is 11.8 Å². The summed E-state index contributed by atoms with van der Waals surface area (Å²) in [5, 5.41) is 0. The van der Waals surface area contributed by atoms with E-state index in [9.17, 15) is 0 Å². The number of likely N-dealkylation sites (tertiary alicyclic amines) is 1. The average Bonchev–Trinajstić information content (AvgIpc) is 2.46. The van der Waals surface area contributed by atoms with Gasteiger partial charge in [0.25, 0.3) is 0 Å². The third-order valence-electron chi connectivity index (χ3n) is 2.66. The molecule has 2 unspecified atom stereocenters. The molecule has 1 heterocycles. The fourth-order valence-electron chi connectivity index (χ4n) is 1.73. The molecule has 0 saturated carbocycles. The van der Waals surface area contributed by atoms with E-state index in [1.54, 1.807) is 0 Å². The molecule has 0 N–H and O–H groups in total. The summed E-state index contributed by atoms with van der Waals surface area (Å²) in [6.07, 6.45) is 1.33. The highest BCUT2D eigenvalue weighted by Gasteiger charge is 2.21. The normalized spacial score (nSPS) is 25.6. The lowest BCUT2D eigenvalue weighted by atomic mass is 9.97. The van der Waals surface area contributed by atoms with Crippen molar-refractivity contribution in [2.24, 2.45) is 11.3 Å². The number of hydrogen-bond donors (Lipinski definition) is 0. The number of nitrogens with zero attached hydrogens (tertiary/aromatic N) is 1. The van der Waals surface area contributed by atoms with Crippen LogP contribution in [0, 0.1) is 23.2 Å². The van der Waals surface area contributed by atoms with Crippen LogP contribution in [0.5, 0.6) is 0 Å². The van der Waals surface area contributed by atoms with Crippen LogP contribution < -0.4 is 0 Å². The lowest BCUT2D eigenvalue weighted by Crippen LogP contribution is -2.29. The Morgan fingerprint density at radius 2 is 2.00 bits per heavy atom. The van der Waals surface area contributed by atoms with E-state index < -0.39 is 0 Å². The van der Waals surface area contributed by atoms with Crippen LogP contribution in [-0.2, 0) is 0 Å². The highest BCUT2D eigenvalue weighted by molar-refractivity contribution is 5.12. The van der Waals surface area contributed by atoms with Crippen molar-refractivity contribution in [2.45, 2.75) is 47.1 Å². The zero-order valence-corrected chi connectivity index (χ0v) is 10.2. The highest BCUT2D eigenvalue weighted by atomic mass is 15.2. The molecule has 0 aliphatic carbocycles. The average molecular weight is 193 g/mol. The highest BCUT2D eigenvalue weighted by Crippen LogP contribution is 2.17. The first kappa shape index (κ1) is 11.6. The van der Waals surface area contributed by atoms with Crippen molar-refractivity contribution in [1.29, 1.82) is 0 Å². The molecule has 0 bridgehead atoms. The van der Waals surface area contributed by atoms with Crippen LogP contribution in [0.4, 0.5) is 0 Å². The number of rotatable bonds is 1. The van der Waals surface area contributed by atoms with Gasteiger partial charge in [-0.25, -0.2) is 0 Å². The van der Waals surface area contributed by atoms with Gasteiger partial charge in [0.2, 0.25) is 0 Å². The van der Waals surface area contributed by atoms with Gasteiger partial charge in [0.1, 0.15) is 0 Å². The summed E-state index contributed by atoms with van der Waals surface area (Å²) < 4.78 is 0. The molecule has 0 aromatic rings. The summed E-state index contributed by atoms with van der Waals surface area (Å²) in [6, 6.07) is 0.430. The molecule has 14 heavy (non-hydrogen) atoms. The van der Waals surface area contributed by atoms with Crippen LogP contribution in [0.25, 0.3) is 0 Å². The summed E-state index contributed by atoms with van der Waals surface area (Å²) in [6.45, 7) is 13.5. The van der Waals surface area contributed by atoms with E-state index in [4.69, 9.17) is 0 Å². The predicted molar refractivity (Wildman–Crippen MR) is 62.0 cm³/mol. The first-order valence-corrected chi connectivity index (χ1v) is 5.65. The van der Waals surface area contributed by atoms with E-state index in [-0.39, 0.29) is 5.41 Å². The topological polar surface area (TPSA) is 3.24 Å². The van der Waals surface area contributed by atoms with Crippen molar-refractivity contribution in [3.63, 3.8) is 0 Å². The second-order valence-electron chi connectivity index (χ2n) is 5.58. The molecule has 1 aliphatic heterocycles. The summed E-state index contributed by atoms with van der Waals surface area (Å²) in [5.41, 5.74) is 0.138. The minimum atomic E-state index is 0.138. The van der Waals surface area contributed by atoms with Crippen LogP contribution in [0.2, 0.25) is 0 Å². The molecular formula is C13H23N. The summed E-state index contributed by atoms with van der Waals surface area (Å²) in [5.74, 6) is 7.54. The maximum atomic E-state index is 3.36. The van der Waals surface area contributed by atoms with E-state index >= 15 is 0 Å². The second kappa shape index (κ2) is 4.36. The molecule has 1 heteroatoms. The van der Waals surface area contributed by atoms with Gasteiger partial charge < -0.3 is 0 Å². The Kier molecular flexibility index (Phi) is 3.61. The van der Waals surface area contributed by atoms with Crippen molar-refractivity contribution in [3.05, 3.63) is 0 Å². The first-order chi connectivity index (χ1) is 6.38. The third-order valence-corrected chi connectivity index (χ3v) is 2.66. The Labute approximate surface area is 88.9 Å². The van der Waals surface area contributed by atoms with Gasteiger partial charge in [-0.2, -0.15) is 0 Å². The first-order valence-electron chi connectivity index (χ1n) is 5.65. The van der Waals surface area contributed by atoms with Crippen molar-refractivity contribution >= 4 is 0 Å². The van der Waals surface area contributed by atoms with Gasteiger partial charge in [-0.05, 0) is 46.6 Å². The maximum Gasteiger partial charge on any atom is 0.0686 e. The molecule has 2 atom stereocenters. The Morgan fingerprint density at radius 1 is 1.36 bits per heavy atom. The molecule has 0 spiro atoms. The van der Waals surface area contributed by atoms with Crippen molar-refractivity contribution in [1.82, 2.24) is 4.90 Å². The molecule has 1 fully saturated rings. The van der Waals surface area contributed by atoms with Gasteiger partial charge in [-0.15, -0.1) is 0 Å². The quantitative estimate of drug-likeness (QED) is 0.579. The Morgan fingerprint density at radius 3 is 2.43 bits per heavy atom. The summed E-state index contributed by atoms with van der Waals surface area (Å²) >= 11 is 0. The third kappa shape index (κ3) is 3.72. The van der Waals surface area contributed by atoms with Crippen molar-refractivity contribution < 1.29 is 0 Å². The van der Waals surface area contributed by atoms with Crippen LogP contribution in [0.1, 0.15) is 41.0 Å². The van der Waals surface area contributed by atoms with Crippen molar-refractivity contribution in [2.75, 3.05) is 13.1 Å². The predicted octanol–water partition coefficient (Wildman–Crippen LogP) is 2.77. The number of hydrogen-bond acceptors (Lipinski definition) is 1. The van der Waals surface area contributed by atoms with E-state index in [1.807, 2.05) is 0 Å². The molecule has 0 radical (unpaired) electrons. The molecule has 0 aromatic heterocycles. The minimum Gasteiger partial charge on any atom is -0.290 e. The van der Waals surface area contributed by atoms with E-state index in [1.165, 1.54) is 19.5 Å². The standard InChI is InChI=1S/C13H23N/c1-11-7-9-14(10-11)12(2)6-8-13(3,4)5/h11-12H,7,9-10H2,1-5H3. The zero-order chi connectivity index (χ0) is 10.8. The van der Waals surface area contributed by atoms with Gasteiger partial charge in [0.15, 0.2) is 0 Å². The Bertz CT molecular complexity index is 238. The SMILES string of the molecule is CC1CCN(C(C)C#CC(C)(C)C)C1. The van der Waals surface area contributed by atoms with Crippen LogP contribution in [0.3, 0.4) is 0 Å². The van der Waals surface area contributed by atoms with E-state index in [2.05, 4.69) is 51.4 Å². The fourth-order valence-corrected chi connectivity index (χ4v) is 1.73. The van der Waals surface area contributed by atoms with Gasteiger partial charge in [-0.1, -0.05) is 18.8 Å². The second-order valence-corrected chi connectivity index (χ2v) is 5.58. The smallest absolute Gasteiger partial charge is 0.0686 e. The van der Waals surface area contributed by atoms with Crippen LogP contribution >= 0.6 is 0 Å². The molecule has 1 nitrogen and oxygen atoms in total. The molecule has 80 valence electrons. The molecule has 1 aliphatic rings. The summed E-state index contributed by atoms with van der Waals surface area (Å²) in [7, 11) is 0. The maximum absolute atomic E-state index is 3.36. The minimum absolute atomic E-state index is 0.138. The van der Waals surface area contributed by atoms with Crippen LogP contribution in [-0.4, -0.2) is 24.0 Å². The monoisotopic (exact) mass is 193 g/mol. The lowest BCUT2D eigenvalue weighted by Gasteiger charge is -2.19. The van der Waals surface area contributed by atoms with E-state index in [0.717, 1.165) is 5.92 Å². The molecule has 0 amide bonds. The van der Waals surface area contributed by atoms with Gasteiger partial charge in [0, 0.05) is 12.0 Å². The van der Waals surface area contributed by atoms with Gasteiger partial charge in [0.05, 0.1) is 6.04 Å². The molecule has 0 aromatic carbocycles. The van der Waals surface area contributed by atoms with E-state index in [0.29, 0.717) is 6.04 Å². The Balaban J connectivity index is 2.49. The molecule has 1 rings (SSSR count). The van der Waals surface area contributed by atoms with Gasteiger partial charge in [-0.3, -0.25) is 4.90 Å². The lowest BCUT2D eigenvalue weighted by molar-refractivity contribution is 0.297. The fraction of sp³-hybridized carbons (Fsp3) is 0.846. The van der Waals surface area contributed by atoms with Crippen LogP contribution in [0.15, 0.2) is 0 Å². The van der Waals surface area contributed by atoms with Gasteiger partial charge >= 0.3 is 0 Å². The molecular weight excluding hydrogens is 170 g/mol. The summed E-state index contributed by atoms with van der Waals surface area (Å²) in [4.78, 5) is 2.49. The zero-order valence-electron chi connectivity index (χ0n) is 10.2.